The topological polar surface area (TPSA) is 80.3 Å². The van der Waals surface area contributed by atoms with Gasteiger partial charge in [0.1, 0.15) is 11.5 Å². The van der Waals surface area contributed by atoms with Crippen LogP contribution in [-0.4, -0.2) is 33.1 Å². The second kappa shape index (κ2) is 7.40. The highest BCUT2D eigenvalue weighted by molar-refractivity contribution is 6.13. The maximum absolute atomic E-state index is 12.8. The second-order valence-corrected chi connectivity index (χ2v) is 7.30. The first-order chi connectivity index (χ1) is 14.4. The molecule has 0 amide bonds. The van der Waals surface area contributed by atoms with Crippen molar-refractivity contribution in [2.24, 2.45) is 0 Å². The molecule has 156 valence electrons. The number of allylic oxidation sites excluding steroid dienone is 2. The smallest absolute Gasteiger partial charge is 0.312 e. The predicted molar refractivity (Wildman–Crippen MR) is 108 cm³/mol. The summed E-state index contributed by atoms with van der Waals surface area (Å²) in [4.78, 5) is 25.1. The highest BCUT2D eigenvalue weighted by Crippen LogP contribution is 2.51. The average Bonchev–Trinajstić information content (AvgIpc) is 3.08. The summed E-state index contributed by atoms with van der Waals surface area (Å²) >= 11 is 0. The molecule has 7 nitrogen and oxygen atoms in total. The van der Waals surface area contributed by atoms with Crippen LogP contribution in [0.1, 0.15) is 47.7 Å². The zero-order valence-electron chi connectivity index (χ0n) is 17.5. The minimum atomic E-state index is -0.408. The van der Waals surface area contributed by atoms with E-state index in [-0.39, 0.29) is 18.2 Å². The number of hydrogen-bond donors (Lipinski definition) is 0. The Morgan fingerprint density at radius 1 is 0.967 bits per heavy atom. The Labute approximate surface area is 174 Å². The summed E-state index contributed by atoms with van der Waals surface area (Å²) < 4.78 is 27.8. The van der Waals surface area contributed by atoms with Gasteiger partial charge in [-0.25, -0.2) is 0 Å². The zero-order chi connectivity index (χ0) is 21.6. The molecule has 0 aromatic heterocycles. The molecule has 0 spiro atoms. The summed E-state index contributed by atoms with van der Waals surface area (Å²) in [6.07, 6.45) is 0.0871. The van der Waals surface area contributed by atoms with Gasteiger partial charge in [-0.15, -0.1) is 0 Å². The Balaban J connectivity index is 1.93. The summed E-state index contributed by atoms with van der Waals surface area (Å²) in [5, 5.41) is 0. The number of ketones is 1. The van der Waals surface area contributed by atoms with E-state index in [2.05, 4.69) is 0 Å². The van der Waals surface area contributed by atoms with Crippen molar-refractivity contribution in [3.63, 3.8) is 0 Å². The van der Waals surface area contributed by atoms with Crippen LogP contribution >= 0.6 is 0 Å². The third kappa shape index (κ3) is 2.98. The molecular formula is C23H22O7. The fourth-order valence-corrected chi connectivity index (χ4v) is 3.91. The molecule has 0 radical (unpaired) electrons. The van der Waals surface area contributed by atoms with E-state index in [1.165, 1.54) is 21.3 Å². The average molecular weight is 410 g/mol. The first kappa shape index (κ1) is 19.8. The van der Waals surface area contributed by atoms with Crippen molar-refractivity contribution in [3.05, 3.63) is 52.3 Å². The number of benzene rings is 2. The first-order valence-corrected chi connectivity index (χ1v) is 9.47. The number of carbonyl (C=O) groups excluding carboxylic acids is 2. The monoisotopic (exact) mass is 410 g/mol. The van der Waals surface area contributed by atoms with E-state index in [0.717, 1.165) is 11.1 Å². The van der Waals surface area contributed by atoms with Crippen LogP contribution < -0.4 is 23.7 Å². The predicted octanol–water partition coefficient (Wildman–Crippen LogP) is 4.02. The number of carbonyl (C=O) groups is 2. The maximum atomic E-state index is 12.8. The van der Waals surface area contributed by atoms with Crippen LogP contribution in [0, 0.1) is 0 Å². The van der Waals surface area contributed by atoms with Crippen LogP contribution in [0.5, 0.6) is 28.7 Å². The van der Waals surface area contributed by atoms with Crippen molar-refractivity contribution in [1.29, 1.82) is 0 Å². The second-order valence-electron chi connectivity index (χ2n) is 7.30. The largest absolute Gasteiger partial charge is 0.493 e. The summed E-state index contributed by atoms with van der Waals surface area (Å²) in [5.74, 6) is 1.57. The minimum absolute atomic E-state index is 0.0871. The van der Waals surface area contributed by atoms with E-state index in [0.29, 0.717) is 45.6 Å². The molecule has 0 unspecified atom stereocenters. The van der Waals surface area contributed by atoms with Gasteiger partial charge in [-0.2, -0.15) is 0 Å². The third-order valence-corrected chi connectivity index (χ3v) is 5.30. The number of ether oxygens (including phenoxy) is 5. The Bertz CT molecular complexity index is 1070. The quantitative estimate of drug-likeness (QED) is 0.428. The lowest BCUT2D eigenvalue weighted by Gasteiger charge is -2.27. The van der Waals surface area contributed by atoms with E-state index in [1.54, 1.807) is 24.3 Å². The lowest BCUT2D eigenvalue weighted by atomic mass is 9.84. The summed E-state index contributed by atoms with van der Waals surface area (Å²) in [5.41, 5.74) is 2.66. The Morgan fingerprint density at radius 3 is 2.20 bits per heavy atom. The standard InChI is InChI=1S/C23H22O7/c1-11(2)21-20(25)13-6-7-15-19(22(13)30-21)14(10-18(24)29-15)12-8-16(26-3)23(28-5)17(9-12)27-4/h6-9,14H,10H2,1-5H3/t14-/m1/s1. The van der Waals surface area contributed by atoms with Crippen LogP contribution in [0.3, 0.4) is 0 Å². The molecule has 2 aliphatic rings. The molecule has 4 rings (SSSR count). The number of Topliss-reactive ketones (excluding diaryl/α,β-unsaturated/α-hetero) is 1. The highest BCUT2D eigenvalue weighted by Gasteiger charge is 2.39. The van der Waals surface area contributed by atoms with E-state index < -0.39 is 5.92 Å². The lowest BCUT2D eigenvalue weighted by Crippen LogP contribution is -2.21. The van der Waals surface area contributed by atoms with Gasteiger partial charge in [-0.3, -0.25) is 9.59 Å². The van der Waals surface area contributed by atoms with E-state index in [9.17, 15) is 9.59 Å². The van der Waals surface area contributed by atoms with Crippen molar-refractivity contribution in [2.45, 2.75) is 26.2 Å². The van der Waals surface area contributed by atoms with Gasteiger partial charge in [0.2, 0.25) is 11.5 Å². The van der Waals surface area contributed by atoms with Gasteiger partial charge in [0.05, 0.1) is 33.3 Å². The molecule has 2 heterocycles. The Morgan fingerprint density at radius 2 is 1.63 bits per heavy atom. The third-order valence-electron chi connectivity index (χ3n) is 5.30. The molecule has 0 aliphatic carbocycles. The van der Waals surface area contributed by atoms with Crippen LogP contribution in [0.15, 0.2) is 35.6 Å². The summed E-state index contributed by atoms with van der Waals surface area (Å²) in [6, 6.07) is 6.88. The fourth-order valence-electron chi connectivity index (χ4n) is 3.91. The maximum Gasteiger partial charge on any atom is 0.312 e. The molecule has 0 saturated carbocycles. The van der Waals surface area contributed by atoms with Crippen molar-refractivity contribution in [1.82, 2.24) is 0 Å². The molecular weight excluding hydrogens is 388 g/mol. The van der Waals surface area contributed by atoms with Gasteiger partial charge in [0.15, 0.2) is 17.3 Å². The van der Waals surface area contributed by atoms with Gasteiger partial charge < -0.3 is 23.7 Å². The molecule has 7 heteroatoms. The van der Waals surface area contributed by atoms with Crippen molar-refractivity contribution >= 4 is 11.8 Å². The molecule has 30 heavy (non-hydrogen) atoms. The molecule has 0 N–H and O–H groups in total. The van der Waals surface area contributed by atoms with Gasteiger partial charge in [-0.05, 0) is 49.2 Å². The van der Waals surface area contributed by atoms with Crippen molar-refractivity contribution in [2.75, 3.05) is 21.3 Å². The molecule has 1 atom stereocenters. The Kier molecular flexibility index (Phi) is 4.89. The number of fused-ring (bicyclic) bond motifs is 3. The van der Waals surface area contributed by atoms with Crippen LogP contribution in [0.25, 0.3) is 0 Å². The normalized spacial score (nSPS) is 17.0. The Hall–Kier alpha value is -3.48. The number of methoxy groups -OCH3 is 3. The van der Waals surface area contributed by atoms with Gasteiger partial charge in [0.25, 0.3) is 0 Å². The molecule has 0 fully saturated rings. The molecule has 0 bridgehead atoms. The van der Waals surface area contributed by atoms with Gasteiger partial charge >= 0.3 is 5.97 Å². The van der Waals surface area contributed by atoms with Crippen LogP contribution in [0.4, 0.5) is 0 Å². The number of hydrogen-bond acceptors (Lipinski definition) is 7. The van der Waals surface area contributed by atoms with Gasteiger partial charge in [0, 0.05) is 11.5 Å². The van der Waals surface area contributed by atoms with E-state index in [4.69, 9.17) is 23.7 Å². The number of rotatable bonds is 4. The van der Waals surface area contributed by atoms with E-state index in [1.807, 2.05) is 13.8 Å². The summed E-state index contributed by atoms with van der Waals surface area (Å²) in [6.45, 7) is 3.64. The van der Waals surface area contributed by atoms with Crippen molar-refractivity contribution in [3.8, 4) is 28.7 Å². The first-order valence-electron chi connectivity index (χ1n) is 9.47. The van der Waals surface area contributed by atoms with Crippen LogP contribution in [0.2, 0.25) is 0 Å². The SMILES string of the molecule is COc1cc([C@H]2CC(=O)Oc3ccc4c(c32)OC(=C(C)C)C4=O)cc(OC)c1OC. The van der Waals surface area contributed by atoms with Crippen LogP contribution in [-0.2, 0) is 4.79 Å². The molecule has 0 saturated heterocycles. The zero-order valence-corrected chi connectivity index (χ0v) is 17.5. The lowest BCUT2D eigenvalue weighted by molar-refractivity contribution is -0.135. The molecule has 2 aliphatic heterocycles. The fraction of sp³-hybridized carbons (Fsp3) is 0.304. The highest BCUT2D eigenvalue weighted by atomic mass is 16.5. The van der Waals surface area contributed by atoms with Gasteiger partial charge in [-0.1, -0.05) is 0 Å². The number of esters is 1. The summed E-state index contributed by atoms with van der Waals surface area (Å²) in [7, 11) is 4.59. The van der Waals surface area contributed by atoms with Crippen molar-refractivity contribution < 1.29 is 33.3 Å². The molecule has 2 aromatic carbocycles. The van der Waals surface area contributed by atoms with E-state index >= 15 is 0 Å². The molecule has 2 aromatic rings. The minimum Gasteiger partial charge on any atom is -0.493 e.